The molecule has 0 radical (unpaired) electrons. The van der Waals surface area contributed by atoms with Crippen molar-refractivity contribution in [3.8, 4) is 11.3 Å². The van der Waals surface area contributed by atoms with Gasteiger partial charge in [0.15, 0.2) is 0 Å². The minimum absolute atomic E-state index is 0.483. The summed E-state index contributed by atoms with van der Waals surface area (Å²) < 4.78 is 1.06. The molecule has 2 rings (SSSR count). The fourth-order valence-corrected chi connectivity index (χ4v) is 2.61. The van der Waals surface area contributed by atoms with Gasteiger partial charge >= 0.3 is 0 Å². The second kappa shape index (κ2) is 5.03. The van der Waals surface area contributed by atoms with Crippen LogP contribution in [0, 0.1) is 0 Å². The van der Waals surface area contributed by atoms with E-state index < -0.39 is 0 Å². The van der Waals surface area contributed by atoms with Crippen molar-refractivity contribution >= 4 is 44.5 Å². The fraction of sp³-hybridized carbons (Fsp3) is 0.0909. The van der Waals surface area contributed by atoms with Crippen molar-refractivity contribution < 1.29 is 0 Å². The Morgan fingerprint density at radius 3 is 2.69 bits per heavy atom. The van der Waals surface area contributed by atoms with Crippen LogP contribution in [0.2, 0.25) is 0 Å². The first kappa shape index (κ1) is 11.7. The maximum absolute atomic E-state index is 5.48. The predicted octanol–water partition coefficient (Wildman–Crippen LogP) is 3.40. The number of nitrogens with two attached hydrogens (primary N) is 1. The number of nitrogens with zero attached hydrogens (tertiary/aromatic N) is 1. The average Bonchev–Trinajstić information content (AvgIpc) is 2.66. The first-order chi connectivity index (χ1) is 7.65. The number of thiazole rings is 1. The van der Waals surface area contributed by atoms with Crippen LogP contribution in [0.25, 0.3) is 11.3 Å². The molecule has 82 valence electrons. The van der Waals surface area contributed by atoms with Gasteiger partial charge in [0.1, 0.15) is 0 Å². The summed E-state index contributed by atoms with van der Waals surface area (Å²) in [5, 5.41) is 2.99. The zero-order valence-electron chi connectivity index (χ0n) is 8.31. The van der Waals surface area contributed by atoms with Gasteiger partial charge in [0, 0.05) is 21.8 Å². The molecule has 0 atom stereocenters. The molecule has 5 heteroatoms. The molecule has 0 bridgehead atoms. The monoisotopic (exact) mass is 312 g/mol. The van der Waals surface area contributed by atoms with Crippen molar-refractivity contribution in [1.29, 1.82) is 0 Å². The first-order valence-corrected chi connectivity index (χ1v) is 6.72. The highest BCUT2D eigenvalue weighted by molar-refractivity contribution is 9.10. The maximum Gasteiger partial charge on any atom is 0.1000 e. The molecular weight excluding hydrogens is 304 g/mol. The summed E-state index contributed by atoms with van der Waals surface area (Å²) in [7, 11) is 0. The molecule has 0 fully saturated rings. The van der Waals surface area contributed by atoms with Crippen molar-refractivity contribution in [3.05, 3.63) is 39.1 Å². The average molecular weight is 313 g/mol. The molecule has 2 N–H and O–H groups in total. The van der Waals surface area contributed by atoms with Gasteiger partial charge in [-0.05, 0) is 12.1 Å². The highest BCUT2D eigenvalue weighted by atomic mass is 79.9. The Balaban J connectivity index is 2.24. The molecule has 2 aromatic rings. The number of aromatic nitrogens is 1. The molecule has 2 nitrogen and oxygen atoms in total. The first-order valence-electron chi connectivity index (χ1n) is 4.64. The molecule has 0 unspecified atom stereocenters. The Morgan fingerprint density at radius 2 is 2.06 bits per heavy atom. The van der Waals surface area contributed by atoms with E-state index in [0.29, 0.717) is 11.4 Å². The van der Waals surface area contributed by atoms with Crippen LogP contribution in [0.1, 0.15) is 5.01 Å². The highest BCUT2D eigenvalue weighted by Gasteiger charge is 2.05. The lowest BCUT2D eigenvalue weighted by atomic mass is 10.2. The molecule has 16 heavy (non-hydrogen) atoms. The van der Waals surface area contributed by atoms with E-state index in [1.165, 1.54) is 0 Å². The number of thiocarbonyl (C=S) groups is 1. The summed E-state index contributed by atoms with van der Waals surface area (Å²) in [5.41, 5.74) is 7.57. The van der Waals surface area contributed by atoms with Crippen LogP contribution in [-0.4, -0.2) is 9.97 Å². The Morgan fingerprint density at radius 1 is 1.38 bits per heavy atom. The second-order valence-electron chi connectivity index (χ2n) is 3.28. The minimum atomic E-state index is 0.483. The van der Waals surface area contributed by atoms with Crippen LogP contribution in [0.3, 0.4) is 0 Å². The van der Waals surface area contributed by atoms with Crippen molar-refractivity contribution in [2.24, 2.45) is 5.73 Å². The van der Waals surface area contributed by atoms with Gasteiger partial charge in [0.2, 0.25) is 0 Å². The van der Waals surface area contributed by atoms with Crippen molar-refractivity contribution in [2.45, 2.75) is 6.42 Å². The molecule has 1 aromatic carbocycles. The Bertz CT molecular complexity index is 505. The molecule has 0 aliphatic carbocycles. The number of hydrogen-bond acceptors (Lipinski definition) is 3. The molecule has 1 aromatic heterocycles. The molecule has 0 aliphatic heterocycles. The number of rotatable bonds is 3. The summed E-state index contributed by atoms with van der Waals surface area (Å²) in [6.45, 7) is 0. The van der Waals surface area contributed by atoms with Gasteiger partial charge in [-0.2, -0.15) is 0 Å². The molecule has 0 spiro atoms. The Labute approximate surface area is 112 Å². The van der Waals surface area contributed by atoms with Gasteiger partial charge in [0.25, 0.3) is 0 Å². The van der Waals surface area contributed by atoms with Crippen LogP contribution in [0.15, 0.2) is 34.1 Å². The SMILES string of the molecule is NC(=S)Cc1nc(-c2ccc(Br)cc2)cs1. The Kier molecular flexibility index (Phi) is 3.68. The van der Waals surface area contributed by atoms with Gasteiger partial charge in [-0.15, -0.1) is 11.3 Å². The zero-order chi connectivity index (χ0) is 11.5. The van der Waals surface area contributed by atoms with Gasteiger partial charge in [0.05, 0.1) is 15.7 Å². The smallest absolute Gasteiger partial charge is 0.1000 e. The highest BCUT2D eigenvalue weighted by Crippen LogP contribution is 2.23. The lowest BCUT2D eigenvalue weighted by Gasteiger charge is -1.96. The Hall–Kier alpha value is -0.780. The number of hydrogen-bond donors (Lipinski definition) is 1. The normalized spacial score (nSPS) is 10.3. The fourth-order valence-electron chi connectivity index (χ4n) is 1.29. The van der Waals surface area contributed by atoms with E-state index in [2.05, 4.69) is 20.9 Å². The van der Waals surface area contributed by atoms with Gasteiger partial charge in [-0.25, -0.2) is 4.98 Å². The van der Waals surface area contributed by atoms with E-state index in [1.54, 1.807) is 11.3 Å². The summed E-state index contributed by atoms with van der Waals surface area (Å²) >= 11 is 9.85. The van der Waals surface area contributed by atoms with E-state index in [1.807, 2.05) is 29.6 Å². The quantitative estimate of drug-likeness (QED) is 0.883. The van der Waals surface area contributed by atoms with Crippen LogP contribution < -0.4 is 5.73 Å². The van der Waals surface area contributed by atoms with E-state index in [0.717, 1.165) is 20.7 Å². The molecule has 0 aliphatic rings. The van der Waals surface area contributed by atoms with Crippen molar-refractivity contribution in [2.75, 3.05) is 0 Å². The van der Waals surface area contributed by atoms with Gasteiger partial charge in [-0.3, -0.25) is 0 Å². The predicted molar refractivity (Wildman–Crippen MR) is 75.7 cm³/mol. The standard InChI is InChI=1S/C11H9BrN2S2/c12-8-3-1-7(2-4-8)9-6-16-11(14-9)5-10(13)15/h1-4,6H,5H2,(H2,13,15). The topological polar surface area (TPSA) is 38.9 Å². The third kappa shape index (κ3) is 2.87. The van der Waals surface area contributed by atoms with Crippen LogP contribution >= 0.6 is 39.5 Å². The van der Waals surface area contributed by atoms with E-state index in [4.69, 9.17) is 18.0 Å². The maximum atomic E-state index is 5.48. The van der Waals surface area contributed by atoms with Gasteiger partial charge in [-0.1, -0.05) is 40.3 Å². The van der Waals surface area contributed by atoms with E-state index >= 15 is 0 Å². The van der Waals surface area contributed by atoms with Crippen LogP contribution in [0.5, 0.6) is 0 Å². The minimum Gasteiger partial charge on any atom is -0.393 e. The molecule has 1 heterocycles. The second-order valence-corrected chi connectivity index (χ2v) is 5.66. The summed E-state index contributed by atoms with van der Waals surface area (Å²) in [5.74, 6) is 0. The zero-order valence-corrected chi connectivity index (χ0v) is 11.5. The lowest BCUT2D eigenvalue weighted by molar-refractivity contribution is 1.23. The van der Waals surface area contributed by atoms with Crippen molar-refractivity contribution in [1.82, 2.24) is 4.98 Å². The van der Waals surface area contributed by atoms with Gasteiger partial charge < -0.3 is 5.73 Å². The van der Waals surface area contributed by atoms with E-state index in [-0.39, 0.29) is 0 Å². The van der Waals surface area contributed by atoms with E-state index in [9.17, 15) is 0 Å². The molecule has 0 amide bonds. The molecular formula is C11H9BrN2S2. The third-order valence-electron chi connectivity index (χ3n) is 2.02. The number of halogens is 1. The third-order valence-corrected chi connectivity index (χ3v) is 3.54. The molecule has 0 saturated carbocycles. The summed E-state index contributed by atoms with van der Waals surface area (Å²) in [6, 6.07) is 8.07. The summed E-state index contributed by atoms with van der Waals surface area (Å²) in [6.07, 6.45) is 0.580. The molecule has 0 saturated heterocycles. The summed E-state index contributed by atoms with van der Waals surface area (Å²) in [4.78, 5) is 4.97. The van der Waals surface area contributed by atoms with Crippen LogP contribution in [-0.2, 0) is 6.42 Å². The van der Waals surface area contributed by atoms with Crippen molar-refractivity contribution in [3.63, 3.8) is 0 Å². The largest absolute Gasteiger partial charge is 0.393 e. The number of benzene rings is 1. The lowest BCUT2D eigenvalue weighted by Crippen LogP contribution is -2.10. The van der Waals surface area contributed by atoms with Crippen LogP contribution in [0.4, 0.5) is 0 Å².